The number of nitrogens with one attached hydrogen (secondary N) is 2. The number of ether oxygens (including phenoxy) is 2. The standard InChI is InChI=1S/C23H26N2O6/c1-2-30-22(28)19-12-16-8-9-17(13-18(16)25-19)21(27)20(26)10-11-24-23(29)31-14-15-6-4-3-5-7-15/h3-9,12-13,20-21,25-27H,2,10-11,14H2,1H3,(H,24,29). The zero-order valence-electron chi connectivity index (χ0n) is 17.2. The Morgan fingerprint density at radius 1 is 1.06 bits per heavy atom. The van der Waals surface area contributed by atoms with Gasteiger partial charge in [0.2, 0.25) is 0 Å². The number of hydrogen-bond donors (Lipinski definition) is 4. The molecule has 2 unspecified atom stereocenters. The average Bonchev–Trinajstić information content (AvgIpc) is 3.21. The number of fused-ring (bicyclic) bond motifs is 1. The van der Waals surface area contributed by atoms with Crippen molar-refractivity contribution < 1.29 is 29.3 Å². The molecular formula is C23H26N2O6. The molecule has 0 spiro atoms. The third-order valence-electron chi connectivity index (χ3n) is 4.77. The highest BCUT2D eigenvalue weighted by Crippen LogP contribution is 2.24. The summed E-state index contributed by atoms with van der Waals surface area (Å²) in [4.78, 5) is 26.6. The van der Waals surface area contributed by atoms with Crippen molar-refractivity contribution >= 4 is 23.0 Å². The average molecular weight is 426 g/mol. The first-order chi connectivity index (χ1) is 15.0. The predicted molar refractivity (Wildman–Crippen MR) is 114 cm³/mol. The van der Waals surface area contributed by atoms with E-state index in [4.69, 9.17) is 9.47 Å². The third-order valence-corrected chi connectivity index (χ3v) is 4.77. The molecule has 2 aromatic carbocycles. The number of aromatic amines is 1. The second-order valence-electron chi connectivity index (χ2n) is 7.04. The molecule has 1 amide bonds. The number of alkyl carbamates (subject to hydrolysis) is 1. The fourth-order valence-corrected chi connectivity index (χ4v) is 3.12. The minimum atomic E-state index is -1.15. The summed E-state index contributed by atoms with van der Waals surface area (Å²) < 4.78 is 10.1. The first-order valence-corrected chi connectivity index (χ1v) is 10.1. The van der Waals surface area contributed by atoms with E-state index in [1.54, 1.807) is 31.2 Å². The summed E-state index contributed by atoms with van der Waals surface area (Å²) in [6, 6.07) is 16.1. The number of esters is 1. The summed E-state index contributed by atoms with van der Waals surface area (Å²) in [5, 5.41) is 24.1. The van der Waals surface area contributed by atoms with Crippen LogP contribution >= 0.6 is 0 Å². The maximum Gasteiger partial charge on any atom is 0.407 e. The molecule has 0 aliphatic rings. The second kappa shape index (κ2) is 10.6. The first kappa shape index (κ1) is 22.3. The highest BCUT2D eigenvalue weighted by atomic mass is 16.5. The van der Waals surface area contributed by atoms with Gasteiger partial charge in [-0.2, -0.15) is 0 Å². The number of carbonyl (C=O) groups is 2. The molecule has 1 aromatic heterocycles. The highest BCUT2D eigenvalue weighted by Gasteiger charge is 2.20. The zero-order chi connectivity index (χ0) is 22.2. The van der Waals surface area contributed by atoms with Gasteiger partial charge in [-0.1, -0.05) is 42.5 Å². The molecule has 0 saturated carbocycles. The Labute approximate surface area is 179 Å². The summed E-state index contributed by atoms with van der Waals surface area (Å²) in [7, 11) is 0. The number of carbonyl (C=O) groups excluding carboxylic acids is 2. The van der Waals surface area contributed by atoms with E-state index in [0.717, 1.165) is 10.9 Å². The molecular weight excluding hydrogens is 400 g/mol. The van der Waals surface area contributed by atoms with Crippen LogP contribution in [-0.2, 0) is 16.1 Å². The van der Waals surface area contributed by atoms with Gasteiger partial charge in [-0.05, 0) is 36.6 Å². The summed E-state index contributed by atoms with van der Waals surface area (Å²) in [5.41, 5.74) is 2.33. The Kier molecular flexibility index (Phi) is 7.64. The van der Waals surface area contributed by atoms with E-state index < -0.39 is 24.3 Å². The predicted octanol–water partition coefficient (Wildman–Crippen LogP) is 3.06. The summed E-state index contributed by atoms with van der Waals surface area (Å²) >= 11 is 0. The summed E-state index contributed by atoms with van der Waals surface area (Å²) in [6.07, 6.45) is -2.70. The van der Waals surface area contributed by atoms with Crippen molar-refractivity contribution in [3.63, 3.8) is 0 Å². The minimum Gasteiger partial charge on any atom is -0.461 e. The van der Waals surface area contributed by atoms with Crippen LogP contribution in [0.1, 0.15) is 41.1 Å². The van der Waals surface area contributed by atoms with Gasteiger partial charge < -0.3 is 30.0 Å². The van der Waals surface area contributed by atoms with Gasteiger partial charge in [0.1, 0.15) is 18.4 Å². The van der Waals surface area contributed by atoms with Crippen LogP contribution in [0.25, 0.3) is 10.9 Å². The van der Waals surface area contributed by atoms with Crippen LogP contribution in [0.3, 0.4) is 0 Å². The van der Waals surface area contributed by atoms with Gasteiger partial charge in [0.25, 0.3) is 0 Å². The molecule has 0 radical (unpaired) electrons. The minimum absolute atomic E-state index is 0.137. The van der Waals surface area contributed by atoms with E-state index >= 15 is 0 Å². The van der Waals surface area contributed by atoms with Gasteiger partial charge >= 0.3 is 12.1 Å². The topological polar surface area (TPSA) is 121 Å². The van der Waals surface area contributed by atoms with E-state index in [1.165, 1.54) is 0 Å². The van der Waals surface area contributed by atoms with Crippen LogP contribution in [0, 0.1) is 0 Å². The molecule has 0 aliphatic heterocycles. The van der Waals surface area contributed by atoms with Crippen LogP contribution in [0.5, 0.6) is 0 Å². The van der Waals surface area contributed by atoms with Gasteiger partial charge in [0.05, 0.1) is 12.7 Å². The molecule has 3 rings (SSSR count). The van der Waals surface area contributed by atoms with Crippen molar-refractivity contribution in [3.8, 4) is 0 Å². The molecule has 0 saturated heterocycles. The highest BCUT2D eigenvalue weighted by molar-refractivity contribution is 5.95. The lowest BCUT2D eigenvalue weighted by atomic mass is 10.0. The number of hydrogen-bond acceptors (Lipinski definition) is 6. The lowest BCUT2D eigenvalue weighted by Crippen LogP contribution is -2.29. The quantitative estimate of drug-likeness (QED) is 0.390. The van der Waals surface area contributed by atoms with Gasteiger partial charge in [-0.25, -0.2) is 9.59 Å². The molecule has 2 atom stereocenters. The number of rotatable bonds is 9. The molecule has 4 N–H and O–H groups in total. The Morgan fingerprint density at radius 2 is 1.84 bits per heavy atom. The van der Waals surface area contributed by atoms with Gasteiger partial charge in [-0.3, -0.25) is 0 Å². The molecule has 0 aliphatic carbocycles. The monoisotopic (exact) mass is 426 g/mol. The smallest absolute Gasteiger partial charge is 0.407 e. The first-order valence-electron chi connectivity index (χ1n) is 10.1. The van der Waals surface area contributed by atoms with Crippen LogP contribution in [0.4, 0.5) is 4.79 Å². The van der Waals surface area contributed by atoms with Crippen molar-refractivity contribution in [1.29, 1.82) is 0 Å². The second-order valence-corrected chi connectivity index (χ2v) is 7.04. The molecule has 3 aromatic rings. The van der Waals surface area contributed by atoms with Crippen LogP contribution < -0.4 is 5.32 Å². The Balaban J connectivity index is 1.49. The Morgan fingerprint density at radius 3 is 2.58 bits per heavy atom. The number of H-pyrrole nitrogens is 1. The van der Waals surface area contributed by atoms with Crippen LogP contribution in [-0.4, -0.2) is 46.5 Å². The van der Waals surface area contributed by atoms with E-state index in [0.29, 0.717) is 16.8 Å². The van der Waals surface area contributed by atoms with E-state index in [-0.39, 0.29) is 26.2 Å². The summed E-state index contributed by atoms with van der Waals surface area (Å²) in [5.74, 6) is -0.453. The molecule has 164 valence electrons. The molecule has 31 heavy (non-hydrogen) atoms. The Bertz CT molecular complexity index is 1020. The molecule has 0 bridgehead atoms. The van der Waals surface area contributed by atoms with Crippen molar-refractivity contribution in [1.82, 2.24) is 10.3 Å². The van der Waals surface area contributed by atoms with Gasteiger partial charge in [-0.15, -0.1) is 0 Å². The Hall–Kier alpha value is -3.36. The fraction of sp³-hybridized carbons (Fsp3) is 0.304. The SMILES string of the molecule is CCOC(=O)c1cc2ccc(C(O)C(O)CCNC(=O)OCc3ccccc3)cc2[nH]1. The number of aliphatic hydroxyl groups excluding tert-OH is 2. The van der Waals surface area contributed by atoms with Gasteiger partial charge in [0, 0.05) is 17.4 Å². The molecule has 1 heterocycles. The van der Waals surface area contributed by atoms with E-state index in [1.807, 2.05) is 30.3 Å². The number of aromatic nitrogens is 1. The molecule has 8 heteroatoms. The normalized spacial score (nSPS) is 12.9. The van der Waals surface area contributed by atoms with Crippen molar-refractivity contribution in [2.45, 2.75) is 32.2 Å². The maximum atomic E-state index is 11.9. The number of aliphatic hydroxyl groups is 2. The van der Waals surface area contributed by atoms with Crippen LogP contribution in [0.2, 0.25) is 0 Å². The third kappa shape index (κ3) is 6.07. The van der Waals surface area contributed by atoms with Gasteiger partial charge in [0.15, 0.2) is 0 Å². The van der Waals surface area contributed by atoms with Crippen molar-refractivity contribution in [3.05, 3.63) is 71.4 Å². The number of amides is 1. The van der Waals surface area contributed by atoms with Crippen molar-refractivity contribution in [2.24, 2.45) is 0 Å². The molecule has 8 nitrogen and oxygen atoms in total. The fourth-order valence-electron chi connectivity index (χ4n) is 3.12. The van der Waals surface area contributed by atoms with Crippen molar-refractivity contribution in [2.75, 3.05) is 13.2 Å². The summed E-state index contributed by atoms with van der Waals surface area (Å²) in [6.45, 7) is 2.30. The zero-order valence-corrected chi connectivity index (χ0v) is 17.2. The largest absolute Gasteiger partial charge is 0.461 e. The lowest BCUT2D eigenvalue weighted by Gasteiger charge is -2.18. The van der Waals surface area contributed by atoms with Crippen LogP contribution in [0.15, 0.2) is 54.6 Å². The number of benzene rings is 2. The molecule has 0 fully saturated rings. The lowest BCUT2D eigenvalue weighted by molar-refractivity contribution is 0.0137. The van der Waals surface area contributed by atoms with E-state index in [9.17, 15) is 19.8 Å². The van der Waals surface area contributed by atoms with E-state index in [2.05, 4.69) is 10.3 Å². The maximum absolute atomic E-state index is 11.9.